The van der Waals surface area contributed by atoms with E-state index in [1.807, 2.05) is 63.6 Å². The second kappa shape index (κ2) is 12.4. The molecule has 232 valence electrons. The molecule has 1 aromatic carbocycles. The lowest BCUT2D eigenvalue weighted by atomic mass is 9.90. The highest BCUT2D eigenvalue weighted by atomic mass is 16.3. The number of aromatic nitrogens is 2. The lowest BCUT2D eigenvalue weighted by Crippen LogP contribution is -2.47. The second-order valence-electron chi connectivity index (χ2n) is 12.5. The predicted octanol–water partition coefficient (Wildman–Crippen LogP) is 5.41. The summed E-state index contributed by atoms with van der Waals surface area (Å²) in [6.07, 6.45) is 7.30. The van der Waals surface area contributed by atoms with Crippen LogP contribution in [0.1, 0.15) is 55.2 Å². The Bertz CT molecular complexity index is 1770. The van der Waals surface area contributed by atoms with Crippen molar-refractivity contribution in [2.45, 2.75) is 67.5 Å². The fourth-order valence-electron chi connectivity index (χ4n) is 6.17. The number of aryl methyl sites for hydroxylation is 4. The van der Waals surface area contributed by atoms with E-state index in [2.05, 4.69) is 22.9 Å². The first-order chi connectivity index (χ1) is 20.9. The Morgan fingerprint density at radius 2 is 1.73 bits per heavy atom. The first-order valence-electron chi connectivity index (χ1n) is 15.4. The van der Waals surface area contributed by atoms with Gasteiger partial charge >= 0.3 is 0 Å². The van der Waals surface area contributed by atoms with Crippen LogP contribution in [0.25, 0.3) is 11.0 Å². The maximum Gasteiger partial charge on any atom is 0.261 e. The number of rotatable bonds is 10. The lowest BCUT2D eigenvalue weighted by Gasteiger charge is -2.27. The summed E-state index contributed by atoms with van der Waals surface area (Å²) in [5.74, 6) is 0.350. The molecule has 4 aromatic rings. The first kappa shape index (κ1) is 31.2. The van der Waals surface area contributed by atoms with Gasteiger partial charge in [-0.15, -0.1) is 0 Å². The van der Waals surface area contributed by atoms with Crippen molar-refractivity contribution in [3.63, 3.8) is 0 Å². The molecule has 0 saturated heterocycles. The number of hydrogen-bond acceptors (Lipinski definition) is 6. The summed E-state index contributed by atoms with van der Waals surface area (Å²) in [5, 5.41) is 0.621. The Kier molecular flexibility index (Phi) is 8.79. The quantitative estimate of drug-likeness (QED) is 0.227. The number of anilines is 2. The van der Waals surface area contributed by atoms with E-state index in [4.69, 9.17) is 4.42 Å². The number of fused-ring (bicyclic) bond motifs is 2. The molecule has 4 heterocycles. The zero-order chi connectivity index (χ0) is 31.8. The number of hydrogen-bond donors (Lipinski definition) is 0. The highest BCUT2D eigenvalue weighted by Gasteiger charge is 2.45. The van der Waals surface area contributed by atoms with Crippen molar-refractivity contribution in [3.05, 3.63) is 87.3 Å². The molecule has 1 aliphatic heterocycles. The Hall–Kier alpha value is -4.24. The Morgan fingerprint density at radius 1 is 0.955 bits per heavy atom. The third kappa shape index (κ3) is 5.93. The summed E-state index contributed by atoms with van der Waals surface area (Å²) in [6, 6.07) is 9.92. The maximum absolute atomic E-state index is 13.3. The molecular weight excluding hydrogens is 554 g/mol. The highest BCUT2D eigenvalue weighted by Crippen LogP contribution is 2.39. The van der Waals surface area contributed by atoms with E-state index in [0.29, 0.717) is 30.6 Å². The van der Waals surface area contributed by atoms with Crippen LogP contribution in [-0.4, -0.2) is 52.9 Å². The standard InChI is InChI=1S/C35H43N5O4/c1-8-40-29-12-11-26(19-30(29)37(7)33(42)35(5,6)34(40)43)10-9-15-38(22-27-20-36-14-13-23(27)2)16-17-39-21-24(3)31-28(32(39)41)18-25(4)44-31/h11-14,18-21H,8-10,15-17,22H2,1-7H3. The average molecular weight is 598 g/mol. The van der Waals surface area contributed by atoms with Gasteiger partial charge in [0.25, 0.3) is 5.56 Å². The number of carbonyl (C=O) groups is 2. The molecule has 0 bridgehead atoms. The molecule has 2 amide bonds. The van der Waals surface area contributed by atoms with E-state index < -0.39 is 5.41 Å². The van der Waals surface area contributed by atoms with Gasteiger partial charge in [-0.3, -0.25) is 24.3 Å². The van der Waals surface area contributed by atoms with Gasteiger partial charge in [0, 0.05) is 57.4 Å². The van der Waals surface area contributed by atoms with E-state index >= 15 is 0 Å². The van der Waals surface area contributed by atoms with Crippen LogP contribution in [0.2, 0.25) is 0 Å². The molecule has 9 heteroatoms. The summed E-state index contributed by atoms with van der Waals surface area (Å²) < 4.78 is 7.55. The third-order valence-electron chi connectivity index (χ3n) is 8.82. The molecule has 1 aliphatic rings. The van der Waals surface area contributed by atoms with Gasteiger partial charge in [-0.1, -0.05) is 6.07 Å². The van der Waals surface area contributed by atoms with Crippen molar-refractivity contribution in [3.8, 4) is 0 Å². The summed E-state index contributed by atoms with van der Waals surface area (Å²) in [6.45, 7) is 14.5. The predicted molar refractivity (Wildman–Crippen MR) is 174 cm³/mol. The summed E-state index contributed by atoms with van der Waals surface area (Å²) >= 11 is 0. The highest BCUT2D eigenvalue weighted by molar-refractivity contribution is 6.19. The Balaban J connectivity index is 1.34. The van der Waals surface area contributed by atoms with Gasteiger partial charge in [-0.2, -0.15) is 0 Å². The van der Waals surface area contributed by atoms with Gasteiger partial charge < -0.3 is 18.8 Å². The molecule has 44 heavy (non-hydrogen) atoms. The monoisotopic (exact) mass is 597 g/mol. The van der Waals surface area contributed by atoms with Crippen molar-refractivity contribution < 1.29 is 14.0 Å². The topological polar surface area (TPSA) is 91.9 Å². The third-order valence-corrected chi connectivity index (χ3v) is 8.82. The molecule has 0 radical (unpaired) electrons. The Morgan fingerprint density at radius 3 is 2.45 bits per heavy atom. The molecule has 9 nitrogen and oxygen atoms in total. The SMILES string of the molecule is CCN1C(=O)C(C)(C)C(=O)N(C)c2cc(CCCN(CCn3cc(C)c4oc(C)cc4c3=O)Cc3cnccc3C)ccc21. The number of furan rings is 1. The molecule has 0 unspecified atom stereocenters. The van der Waals surface area contributed by atoms with Crippen molar-refractivity contribution in [2.24, 2.45) is 5.41 Å². The Labute approximate surface area is 259 Å². The molecule has 0 saturated carbocycles. The number of carbonyl (C=O) groups excluding carboxylic acids is 2. The zero-order valence-electron chi connectivity index (χ0n) is 26.9. The van der Waals surface area contributed by atoms with Crippen molar-refractivity contribution in [1.29, 1.82) is 0 Å². The van der Waals surface area contributed by atoms with Crippen molar-refractivity contribution in [2.75, 3.05) is 36.5 Å². The van der Waals surface area contributed by atoms with E-state index in [-0.39, 0.29) is 17.4 Å². The fraction of sp³-hybridized carbons (Fsp3) is 0.429. The largest absolute Gasteiger partial charge is 0.461 e. The fourth-order valence-corrected chi connectivity index (χ4v) is 6.17. The lowest BCUT2D eigenvalue weighted by molar-refractivity contribution is -0.137. The molecule has 0 spiro atoms. The first-order valence-corrected chi connectivity index (χ1v) is 15.4. The van der Waals surface area contributed by atoms with Gasteiger partial charge in [0.1, 0.15) is 16.8 Å². The minimum absolute atomic E-state index is 0.0358. The molecule has 5 rings (SSSR count). The van der Waals surface area contributed by atoms with E-state index in [9.17, 15) is 14.4 Å². The minimum atomic E-state index is -1.13. The van der Waals surface area contributed by atoms with Crippen molar-refractivity contribution >= 4 is 34.2 Å². The van der Waals surface area contributed by atoms with Crippen LogP contribution >= 0.6 is 0 Å². The molecular formula is C35H43N5O4. The van der Waals surface area contributed by atoms with Gasteiger partial charge in [-0.25, -0.2) is 0 Å². The molecule has 0 fully saturated rings. The minimum Gasteiger partial charge on any atom is -0.461 e. The summed E-state index contributed by atoms with van der Waals surface area (Å²) in [5.41, 5.74) is 5.42. The van der Waals surface area contributed by atoms with E-state index in [0.717, 1.165) is 59.8 Å². The molecule has 0 aliphatic carbocycles. The van der Waals surface area contributed by atoms with Gasteiger partial charge in [0.05, 0.1) is 16.8 Å². The van der Waals surface area contributed by atoms with Crippen LogP contribution in [0.15, 0.2) is 58.1 Å². The molecule has 0 atom stereocenters. The van der Waals surface area contributed by atoms with Crippen LogP contribution in [0.4, 0.5) is 11.4 Å². The van der Waals surface area contributed by atoms with Crippen molar-refractivity contribution in [1.82, 2.24) is 14.5 Å². The second-order valence-corrected chi connectivity index (χ2v) is 12.5. The van der Waals surface area contributed by atoms with Crippen LogP contribution in [0.5, 0.6) is 0 Å². The normalized spacial score (nSPS) is 14.9. The van der Waals surface area contributed by atoms with Gasteiger partial charge in [0.2, 0.25) is 11.8 Å². The van der Waals surface area contributed by atoms with Gasteiger partial charge in [0.15, 0.2) is 0 Å². The number of benzene rings is 1. The van der Waals surface area contributed by atoms with E-state index in [1.54, 1.807) is 35.3 Å². The smallest absolute Gasteiger partial charge is 0.261 e. The van der Waals surface area contributed by atoms with Crippen LogP contribution < -0.4 is 15.4 Å². The van der Waals surface area contributed by atoms with Crippen LogP contribution in [0, 0.1) is 26.2 Å². The number of amides is 2. The van der Waals surface area contributed by atoms with Crippen LogP contribution in [-0.2, 0) is 29.1 Å². The average Bonchev–Trinajstić information content (AvgIpc) is 3.39. The molecule has 0 N–H and O–H groups in total. The van der Waals surface area contributed by atoms with Gasteiger partial charge in [-0.05, 0) is 102 Å². The van der Waals surface area contributed by atoms with E-state index in [1.165, 1.54) is 5.56 Å². The summed E-state index contributed by atoms with van der Waals surface area (Å²) in [7, 11) is 1.75. The number of pyridine rings is 2. The molecule has 3 aromatic heterocycles. The van der Waals surface area contributed by atoms with Crippen LogP contribution in [0.3, 0.4) is 0 Å². The number of nitrogens with zero attached hydrogens (tertiary/aromatic N) is 5. The zero-order valence-corrected chi connectivity index (χ0v) is 26.9. The maximum atomic E-state index is 13.3. The summed E-state index contributed by atoms with van der Waals surface area (Å²) in [4.78, 5) is 49.8.